The SMILES string of the molecule is CON1CCC(N)(N(C(=O)Cc2c(C)cc(C)cc2C)C2CCC2)CC1. The first kappa shape index (κ1) is 19.3. The molecule has 5 heteroatoms. The highest BCUT2D eigenvalue weighted by molar-refractivity contribution is 5.81. The maximum absolute atomic E-state index is 13.4. The Hall–Kier alpha value is -1.43. The zero-order valence-corrected chi connectivity index (χ0v) is 16.7. The van der Waals surface area contributed by atoms with Crippen LogP contribution in [-0.4, -0.2) is 47.8 Å². The Labute approximate surface area is 157 Å². The van der Waals surface area contributed by atoms with Gasteiger partial charge in [-0.05, 0) is 69.6 Å². The first-order valence-corrected chi connectivity index (χ1v) is 9.81. The van der Waals surface area contributed by atoms with Crippen molar-refractivity contribution >= 4 is 5.91 Å². The molecule has 0 aromatic heterocycles. The molecule has 1 aromatic rings. The molecule has 2 N–H and O–H groups in total. The number of carbonyl (C=O) groups excluding carboxylic acids is 1. The van der Waals surface area contributed by atoms with Gasteiger partial charge >= 0.3 is 0 Å². The number of aryl methyl sites for hydroxylation is 3. The predicted octanol–water partition coefficient (Wildman–Crippen LogP) is 2.85. The highest BCUT2D eigenvalue weighted by Gasteiger charge is 2.44. The second-order valence-electron chi connectivity index (χ2n) is 8.12. The number of amides is 1. The van der Waals surface area contributed by atoms with Crippen LogP contribution >= 0.6 is 0 Å². The van der Waals surface area contributed by atoms with E-state index in [1.807, 2.05) is 9.96 Å². The summed E-state index contributed by atoms with van der Waals surface area (Å²) in [5, 5.41) is 1.93. The monoisotopic (exact) mass is 359 g/mol. The van der Waals surface area contributed by atoms with Gasteiger partial charge in [-0.1, -0.05) is 17.7 Å². The van der Waals surface area contributed by atoms with Gasteiger partial charge in [0.25, 0.3) is 0 Å². The maximum Gasteiger partial charge on any atom is 0.228 e. The zero-order chi connectivity index (χ0) is 18.9. The van der Waals surface area contributed by atoms with Gasteiger partial charge in [0.05, 0.1) is 19.2 Å². The summed E-state index contributed by atoms with van der Waals surface area (Å²) < 4.78 is 0. The van der Waals surface area contributed by atoms with Crippen molar-refractivity contribution in [1.82, 2.24) is 9.96 Å². The second-order valence-corrected chi connectivity index (χ2v) is 8.12. The molecule has 1 saturated heterocycles. The lowest BCUT2D eigenvalue weighted by Gasteiger charge is -2.51. The van der Waals surface area contributed by atoms with Crippen molar-refractivity contribution in [2.45, 2.75) is 71.0 Å². The third-order valence-corrected chi connectivity index (χ3v) is 6.20. The summed E-state index contributed by atoms with van der Waals surface area (Å²) in [6.07, 6.45) is 5.30. The highest BCUT2D eigenvalue weighted by atomic mass is 16.7. The fourth-order valence-corrected chi connectivity index (χ4v) is 4.48. The van der Waals surface area contributed by atoms with Crippen molar-refractivity contribution in [3.05, 3.63) is 34.4 Å². The molecule has 1 aromatic carbocycles. The van der Waals surface area contributed by atoms with E-state index < -0.39 is 5.66 Å². The number of piperidine rings is 1. The molecule has 1 heterocycles. The van der Waals surface area contributed by atoms with Crippen LogP contribution in [0.25, 0.3) is 0 Å². The molecule has 3 rings (SSSR count). The van der Waals surface area contributed by atoms with E-state index in [2.05, 4.69) is 32.9 Å². The number of rotatable bonds is 5. The normalized spacial score (nSPS) is 20.7. The molecule has 0 atom stereocenters. The van der Waals surface area contributed by atoms with Crippen LogP contribution in [0.2, 0.25) is 0 Å². The van der Waals surface area contributed by atoms with E-state index in [0.29, 0.717) is 12.5 Å². The van der Waals surface area contributed by atoms with E-state index >= 15 is 0 Å². The van der Waals surface area contributed by atoms with Gasteiger partial charge in [0.1, 0.15) is 0 Å². The van der Waals surface area contributed by atoms with Crippen LogP contribution in [0.4, 0.5) is 0 Å². The number of nitrogens with two attached hydrogens (primary N) is 1. The van der Waals surface area contributed by atoms with Crippen molar-refractivity contribution in [1.29, 1.82) is 0 Å². The van der Waals surface area contributed by atoms with Crippen molar-refractivity contribution in [3.63, 3.8) is 0 Å². The third-order valence-electron chi connectivity index (χ3n) is 6.20. The molecule has 2 aliphatic rings. The summed E-state index contributed by atoms with van der Waals surface area (Å²) in [7, 11) is 1.70. The number of benzene rings is 1. The minimum absolute atomic E-state index is 0.179. The summed E-state index contributed by atoms with van der Waals surface area (Å²) in [4.78, 5) is 20.8. The molecule has 144 valence electrons. The van der Waals surface area contributed by atoms with Gasteiger partial charge in [-0.2, -0.15) is 5.06 Å². The van der Waals surface area contributed by atoms with Crippen LogP contribution in [0, 0.1) is 20.8 Å². The first-order chi connectivity index (χ1) is 12.3. The first-order valence-electron chi connectivity index (χ1n) is 9.81. The average Bonchev–Trinajstić information content (AvgIpc) is 2.54. The largest absolute Gasteiger partial charge is 0.321 e. The number of hydroxylamine groups is 2. The van der Waals surface area contributed by atoms with Crippen molar-refractivity contribution in [3.8, 4) is 0 Å². The minimum Gasteiger partial charge on any atom is -0.321 e. The van der Waals surface area contributed by atoms with E-state index in [1.165, 1.54) is 23.1 Å². The second kappa shape index (κ2) is 7.67. The van der Waals surface area contributed by atoms with Gasteiger partial charge < -0.3 is 15.5 Å². The molecule has 0 unspecified atom stereocenters. The Kier molecular flexibility index (Phi) is 5.70. The highest BCUT2D eigenvalue weighted by Crippen LogP contribution is 2.35. The summed E-state index contributed by atoms with van der Waals surface area (Å²) in [5.74, 6) is 0.179. The smallest absolute Gasteiger partial charge is 0.228 e. The van der Waals surface area contributed by atoms with Gasteiger partial charge in [0.15, 0.2) is 0 Å². The minimum atomic E-state index is -0.552. The van der Waals surface area contributed by atoms with E-state index in [0.717, 1.165) is 44.3 Å². The van der Waals surface area contributed by atoms with Crippen molar-refractivity contribution < 1.29 is 9.63 Å². The summed E-state index contributed by atoms with van der Waals surface area (Å²) in [5.41, 5.74) is 11.1. The number of carbonyl (C=O) groups is 1. The Balaban J connectivity index is 1.81. The van der Waals surface area contributed by atoms with Crippen LogP contribution < -0.4 is 5.73 Å². The molecule has 1 aliphatic heterocycles. The fourth-order valence-electron chi connectivity index (χ4n) is 4.48. The molecule has 5 nitrogen and oxygen atoms in total. The summed E-state index contributed by atoms with van der Waals surface area (Å²) in [6.45, 7) is 7.85. The Morgan fingerprint density at radius 1 is 1.23 bits per heavy atom. The van der Waals surface area contributed by atoms with E-state index in [1.54, 1.807) is 7.11 Å². The van der Waals surface area contributed by atoms with Crippen molar-refractivity contribution in [2.75, 3.05) is 20.2 Å². The molecule has 2 fully saturated rings. The molecule has 0 spiro atoms. The van der Waals surface area contributed by atoms with Crippen LogP contribution in [-0.2, 0) is 16.1 Å². The standard InChI is InChI=1S/C21H33N3O2/c1-15-12-16(2)19(17(3)13-15)14-20(25)24(18-6-5-7-18)21(22)8-10-23(26-4)11-9-21/h12-13,18H,5-11,14,22H2,1-4H3. The lowest BCUT2D eigenvalue weighted by molar-refractivity contribution is -0.175. The molecule has 0 bridgehead atoms. The molecule has 0 radical (unpaired) electrons. The van der Waals surface area contributed by atoms with E-state index in [4.69, 9.17) is 10.6 Å². The Morgan fingerprint density at radius 2 is 1.81 bits per heavy atom. The van der Waals surface area contributed by atoms with Crippen molar-refractivity contribution in [2.24, 2.45) is 5.73 Å². The van der Waals surface area contributed by atoms with Gasteiger partial charge in [-0.3, -0.25) is 4.79 Å². The molecule has 1 amide bonds. The van der Waals surface area contributed by atoms with Crippen LogP contribution in [0.3, 0.4) is 0 Å². The molecule has 26 heavy (non-hydrogen) atoms. The lowest BCUT2D eigenvalue weighted by atomic mass is 9.85. The Morgan fingerprint density at radius 3 is 2.27 bits per heavy atom. The lowest BCUT2D eigenvalue weighted by Crippen LogP contribution is -2.67. The predicted molar refractivity (Wildman–Crippen MR) is 104 cm³/mol. The molecular weight excluding hydrogens is 326 g/mol. The van der Waals surface area contributed by atoms with Crippen LogP contribution in [0.5, 0.6) is 0 Å². The number of hydrogen-bond acceptors (Lipinski definition) is 4. The van der Waals surface area contributed by atoms with Gasteiger partial charge in [-0.25, -0.2) is 0 Å². The van der Waals surface area contributed by atoms with Crippen LogP contribution in [0.15, 0.2) is 12.1 Å². The Bertz CT molecular complexity index is 638. The topological polar surface area (TPSA) is 58.8 Å². The average molecular weight is 360 g/mol. The van der Waals surface area contributed by atoms with Gasteiger partial charge in [-0.15, -0.1) is 0 Å². The van der Waals surface area contributed by atoms with E-state index in [9.17, 15) is 4.79 Å². The number of nitrogens with zero attached hydrogens (tertiary/aromatic N) is 2. The molecule has 1 saturated carbocycles. The molecule has 1 aliphatic carbocycles. The molecular formula is C21H33N3O2. The van der Waals surface area contributed by atoms with E-state index in [-0.39, 0.29) is 5.91 Å². The number of hydrogen-bond donors (Lipinski definition) is 1. The summed E-state index contributed by atoms with van der Waals surface area (Å²) in [6, 6.07) is 4.63. The van der Waals surface area contributed by atoms with Crippen LogP contribution in [0.1, 0.15) is 54.4 Å². The maximum atomic E-state index is 13.4. The third kappa shape index (κ3) is 3.80. The fraction of sp³-hybridized carbons (Fsp3) is 0.667. The van der Waals surface area contributed by atoms with Gasteiger partial charge in [0.2, 0.25) is 5.91 Å². The quantitative estimate of drug-likeness (QED) is 0.822. The zero-order valence-electron chi connectivity index (χ0n) is 16.7. The summed E-state index contributed by atoms with van der Waals surface area (Å²) >= 11 is 0. The van der Waals surface area contributed by atoms with Gasteiger partial charge in [0, 0.05) is 19.1 Å².